The fourth-order valence-electron chi connectivity index (χ4n) is 1.93. The van der Waals surface area contributed by atoms with Crippen molar-refractivity contribution in [3.8, 4) is 6.07 Å². The summed E-state index contributed by atoms with van der Waals surface area (Å²) in [5, 5.41) is 8.43. The highest BCUT2D eigenvalue weighted by atomic mass is 16.2. The van der Waals surface area contributed by atoms with E-state index in [1.165, 1.54) is 6.42 Å². The van der Waals surface area contributed by atoms with Gasteiger partial charge < -0.3 is 10.6 Å². The molecule has 1 rings (SSSR count). The highest BCUT2D eigenvalue weighted by Gasteiger charge is 2.38. The lowest BCUT2D eigenvalue weighted by molar-refractivity contribution is -0.133. The van der Waals surface area contributed by atoms with E-state index in [1.54, 1.807) is 11.9 Å². The van der Waals surface area contributed by atoms with Crippen molar-refractivity contribution in [2.24, 2.45) is 11.1 Å². The van der Waals surface area contributed by atoms with E-state index in [0.29, 0.717) is 25.9 Å². The van der Waals surface area contributed by atoms with Crippen LogP contribution in [0.15, 0.2) is 0 Å². The van der Waals surface area contributed by atoms with E-state index in [-0.39, 0.29) is 11.3 Å². The fourth-order valence-corrected chi connectivity index (χ4v) is 1.93. The van der Waals surface area contributed by atoms with Crippen LogP contribution in [0.1, 0.15) is 32.1 Å². The quantitative estimate of drug-likeness (QED) is 0.730. The number of rotatable bonds is 5. The van der Waals surface area contributed by atoms with Crippen LogP contribution in [-0.2, 0) is 4.79 Å². The average Bonchev–Trinajstić information content (AvgIpc) is 2.19. The molecule has 0 unspecified atom stereocenters. The smallest absolute Gasteiger partial charge is 0.222 e. The molecule has 15 heavy (non-hydrogen) atoms. The summed E-state index contributed by atoms with van der Waals surface area (Å²) in [6.07, 6.45) is 4.28. The van der Waals surface area contributed by atoms with Crippen LogP contribution < -0.4 is 5.73 Å². The Labute approximate surface area is 91.0 Å². The third kappa shape index (κ3) is 2.93. The van der Waals surface area contributed by atoms with Crippen molar-refractivity contribution in [1.29, 1.82) is 5.26 Å². The number of carbonyl (C=O) groups excluding carboxylic acids is 1. The van der Waals surface area contributed by atoms with Crippen LogP contribution in [0.25, 0.3) is 0 Å². The summed E-state index contributed by atoms with van der Waals surface area (Å²) in [5.74, 6) is 0.121. The van der Waals surface area contributed by atoms with Crippen molar-refractivity contribution >= 4 is 5.91 Å². The van der Waals surface area contributed by atoms with Crippen molar-refractivity contribution in [3.05, 3.63) is 0 Å². The first-order chi connectivity index (χ1) is 7.13. The molecule has 4 nitrogen and oxygen atoms in total. The van der Waals surface area contributed by atoms with E-state index in [0.717, 1.165) is 12.8 Å². The molecule has 0 spiro atoms. The molecule has 0 saturated heterocycles. The molecule has 0 aromatic heterocycles. The van der Waals surface area contributed by atoms with Crippen LogP contribution in [0, 0.1) is 16.7 Å². The van der Waals surface area contributed by atoms with Gasteiger partial charge in [-0.3, -0.25) is 4.79 Å². The molecule has 0 atom stereocenters. The monoisotopic (exact) mass is 209 g/mol. The number of hydrogen-bond acceptors (Lipinski definition) is 3. The zero-order valence-electron chi connectivity index (χ0n) is 9.33. The van der Waals surface area contributed by atoms with Crippen molar-refractivity contribution < 1.29 is 4.79 Å². The summed E-state index contributed by atoms with van der Waals surface area (Å²) < 4.78 is 0. The Hall–Kier alpha value is -1.08. The summed E-state index contributed by atoms with van der Waals surface area (Å²) >= 11 is 0. The molecule has 1 fully saturated rings. The number of nitrogens with two attached hydrogens (primary N) is 1. The molecule has 4 heteroatoms. The van der Waals surface area contributed by atoms with E-state index in [2.05, 4.69) is 0 Å². The summed E-state index contributed by atoms with van der Waals surface area (Å²) in [5.41, 5.74) is 5.76. The topological polar surface area (TPSA) is 70.1 Å². The van der Waals surface area contributed by atoms with Gasteiger partial charge in [-0.05, 0) is 24.8 Å². The van der Waals surface area contributed by atoms with Gasteiger partial charge in [0.2, 0.25) is 5.91 Å². The Balaban J connectivity index is 2.37. The largest absolute Gasteiger partial charge is 0.345 e. The Morgan fingerprint density at radius 1 is 1.60 bits per heavy atom. The predicted octanol–water partition coefficient (Wildman–Crippen LogP) is 0.878. The van der Waals surface area contributed by atoms with Gasteiger partial charge in [-0.25, -0.2) is 0 Å². The van der Waals surface area contributed by atoms with Gasteiger partial charge in [0.1, 0.15) is 0 Å². The van der Waals surface area contributed by atoms with E-state index in [4.69, 9.17) is 11.0 Å². The van der Waals surface area contributed by atoms with Gasteiger partial charge in [0.25, 0.3) is 0 Å². The summed E-state index contributed by atoms with van der Waals surface area (Å²) in [4.78, 5) is 13.4. The number of amides is 1. The van der Waals surface area contributed by atoms with Gasteiger partial charge in [-0.1, -0.05) is 6.42 Å². The van der Waals surface area contributed by atoms with Crippen molar-refractivity contribution in [3.63, 3.8) is 0 Å². The minimum absolute atomic E-state index is 0.0674. The third-order valence-electron chi connectivity index (χ3n) is 3.36. The van der Waals surface area contributed by atoms with Gasteiger partial charge in [0.15, 0.2) is 0 Å². The van der Waals surface area contributed by atoms with Crippen LogP contribution in [0.3, 0.4) is 0 Å². The Bertz CT molecular complexity index is 260. The van der Waals surface area contributed by atoms with Crippen LogP contribution in [0.4, 0.5) is 0 Å². The normalized spacial score (nSPS) is 17.7. The zero-order valence-corrected chi connectivity index (χ0v) is 9.33. The molecule has 84 valence electrons. The zero-order chi connectivity index (χ0) is 11.3. The number of carbonyl (C=O) groups is 1. The minimum Gasteiger partial charge on any atom is -0.345 e. The molecule has 0 heterocycles. The van der Waals surface area contributed by atoms with Crippen LogP contribution in [-0.4, -0.2) is 30.9 Å². The number of hydrogen-bond donors (Lipinski definition) is 1. The van der Waals surface area contributed by atoms with Crippen LogP contribution in [0.2, 0.25) is 0 Å². The molecule has 1 aliphatic carbocycles. The summed E-state index contributed by atoms with van der Waals surface area (Å²) in [6, 6.07) is 2.04. The van der Waals surface area contributed by atoms with Gasteiger partial charge in [0.05, 0.1) is 12.5 Å². The number of nitriles is 1. The molecule has 0 bridgehead atoms. The maximum Gasteiger partial charge on any atom is 0.222 e. The first-order valence-electron chi connectivity index (χ1n) is 5.44. The van der Waals surface area contributed by atoms with Gasteiger partial charge in [0, 0.05) is 20.0 Å². The molecule has 0 aromatic carbocycles. The molecule has 1 amide bonds. The SMILES string of the molecule is CN(CCC#N)C(=O)CC1(CN)CCC1. The second-order valence-corrected chi connectivity index (χ2v) is 4.46. The van der Waals surface area contributed by atoms with Gasteiger partial charge in [-0.15, -0.1) is 0 Å². The molecule has 1 saturated carbocycles. The molecule has 1 aliphatic rings. The summed E-state index contributed by atoms with van der Waals surface area (Å²) in [7, 11) is 1.75. The molecular formula is C11H19N3O. The van der Waals surface area contributed by atoms with E-state index in [9.17, 15) is 4.79 Å². The second-order valence-electron chi connectivity index (χ2n) is 4.46. The highest BCUT2D eigenvalue weighted by Crippen LogP contribution is 2.43. The van der Waals surface area contributed by atoms with E-state index >= 15 is 0 Å². The fraction of sp³-hybridized carbons (Fsp3) is 0.818. The molecule has 0 aromatic rings. The lowest BCUT2D eigenvalue weighted by atomic mass is 9.66. The maximum absolute atomic E-state index is 11.8. The first kappa shape index (κ1) is 12.0. The third-order valence-corrected chi connectivity index (χ3v) is 3.36. The highest BCUT2D eigenvalue weighted by molar-refractivity contribution is 5.76. The average molecular weight is 209 g/mol. The Kier molecular flexibility index (Phi) is 4.10. The molecule has 0 radical (unpaired) electrons. The van der Waals surface area contributed by atoms with Crippen LogP contribution >= 0.6 is 0 Å². The second kappa shape index (κ2) is 5.13. The Morgan fingerprint density at radius 2 is 2.27 bits per heavy atom. The van der Waals surface area contributed by atoms with Gasteiger partial charge >= 0.3 is 0 Å². The lowest BCUT2D eigenvalue weighted by Crippen LogP contribution is -2.42. The maximum atomic E-state index is 11.8. The van der Waals surface area contributed by atoms with Crippen LogP contribution in [0.5, 0.6) is 0 Å². The minimum atomic E-state index is 0.0674. The van der Waals surface area contributed by atoms with E-state index in [1.807, 2.05) is 6.07 Å². The molecule has 2 N–H and O–H groups in total. The standard InChI is InChI=1S/C11H19N3O/c1-14(7-3-6-12)10(15)8-11(9-13)4-2-5-11/h2-5,7-9,13H2,1H3. The van der Waals surface area contributed by atoms with Crippen molar-refractivity contribution in [2.45, 2.75) is 32.1 Å². The lowest BCUT2D eigenvalue weighted by Gasteiger charge is -2.41. The molecular weight excluding hydrogens is 190 g/mol. The van der Waals surface area contributed by atoms with Crippen molar-refractivity contribution in [2.75, 3.05) is 20.1 Å². The number of nitrogens with zero attached hydrogens (tertiary/aromatic N) is 2. The van der Waals surface area contributed by atoms with E-state index < -0.39 is 0 Å². The Morgan fingerprint density at radius 3 is 2.67 bits per heavy atom. The predicted molar refractivity (Wildman–Crippen MR) is 57.8 cm³/mol. The summed E-state index contributed by atoms with van der Waals surface area (Å²) in [6.45, 7) is 1.13. The first-order valence-corrected chi connectivity index (χ1v) is 5.44. The van der Waals surface area contributed by atoms with Crippen molar-refractivity contribution in [1.82, 2.24) is 4.90 Å². The molecule has 0 aliphatic heterocycles. The van der Waals surface area contributed by atoms with Gasteiger partial charge in [-0.2, -0.15) is 5.26 Å².